The van der Waals surface area contributed by atoms with E-state index in [-0.39, 0.29) is 11.7 Å². The fraction of sp³-hybridized carbons (Fsp3) is 0.0256. The number of fused-ring (bicyclic) bond motifs is 7. The van der Waals surface area contributed by atoms with Gasteiger partial charge in [0.2, 0.25) is 0 Å². The molecule has 8 rings (SSSR count). The number of thiophene rings is 1. The molecular weight excluding hydrogens is 573 g/mol. The van der Waals surface area contributed by atoms with Gasteiger partial charge in [-0.05, 0) is 52.4 Å². The number of aliphatic imine (C=N–C) groups is 1. The van der Waals surface area contributed by atoms with Crippen molar-refractivity contribution >= 4 is 87.7 Å². The molecule has 5 N–H and O–H groups in total. The second-order valence-electron chi connectivity index (χ2n) is 11.1. The Balaban J connectivity index is 1.22. The summed E-state index contributed by atoms with van der Waals surface area (Å²) in [5, 5.41) is 17.2. The molecule has 0 unspecified atom stereocenters. The zero-order valence-corrected chi connectivity index (χ0v) is 25.3. The molecule has 5 nitrogen and oxygen atoms in total. The minimum atomic E-state index is 0.0991. The van der Waals surface area contributed by atoms with E-state index in [1.807, 2.05) is 67.6 Å². The summed E-state index contributed by atoms with van der Waals surface area (Å²) in [6.45, 7) is 2.01. The third kappa shape index (κ3) is 4.30. The fourth-order valence-corrected chi connectivity index (χ4v) is 7.55. The summed E-state index contributed by atoms with van der Waals surface area (Å²) >= 11 is 1.64. The van der Waals surface area contributed by atoms with E-state index in [9.17, 15) is 0 Å². The maximum absolute atomic E-state index is 8.88. The summed E-state index contributed by atoms with van der Waals surface area (Å²) < 4.78 is 7.21. The van der Waals surface area contributed by atoms with Gasteiger partial charge in [0.15, 0.2) is 5.84 Å². The van der Waals surface area contributed by atoms with E-state index in [4.69, 9.17) is 21.3 Å². The first-order valence-electron chi connectivity index (χ1n) is 14.7. The van der Waals surface area contributed by atoms with Gasteiger partial charge in [-0.15, -0.1) is 11.3 Å². The number of benzene rings is 6. The van der Waals surface area contributed by atoms with Crippen molar-refractivity contribution in [3.8, 4) is 11.1 Å². The number of allylic oxidation sites excluding steroid dienone is 1. The second-order valence-corrected chi connectivity index (χ2v) is 12.1. The molecule has 0 amide bonds. The number of hydrogen-bond donors (Lipinski definition) is 3. The van der Waals surface area contributed by atoms with Gasteiger partial charge in [0.1, 0.15) is 17.0 Å². The van der Waals surface area contributed by atoms with Gasteiger partial charge >= 0.3 is 0 Å². The van der Waals surface area contributed by atoms with Crippen LogP contribution in [-0.2, 0) is 0 Å². The Morgan fingerprint density at radius 3 is 2.38 bits per heavy atom. The van der Waals surface area contributed by atoms with Gasteiger partial charge in [-0.2, -0.15) is 0 Å². The number of nitrogens with one attached hydrogen (secondary N) is 1. The summed E-state index contributed by atoms with van der Waals surface area (Å²) in [5.74, 6) is 0.375. The van der Waals surface area contributed by atoms with Crippen LogP contribution in [0, 0.1) is 5.41 Å². The molecule has 0 aliphatic rings. The normalized spacial score (nSPS) is 12.4. The molecule has 216 valence electrons. The number of hydrogen-bond acceptors (Lipinski definition) is 4. The van der Waals surface area contributed by atoms with Gasteiger partial charge in [0.05, 0.1) is 5.00 Å². The van der Waals surface area contributed by atoms with Gasteiger partial charge in [-0.3, -0.25) is 5.41 Å². The van der Waals surface area contributed by atoms with E-state index >= 15 is 0 Å². The van der Waals surface area contributed by atoms with Crippen molar-refractivity contribution in [3.63, 3.8) is 0 Å². The van der Waals surface area contributed by atoms with E-state index in [2.05, 4.69) is 65.7 Å². The Morgan fingerprint density at radius 1 is 0.756 bits per heavy atom. The van der Waals surface area contributed by atoms with Gasteiger partial charge in [-0.1, -0.05) is 103 Å². The van der Waals surface area contributed by atoms with Crippen LogP contribution in [-0.4, -0.2) is 11.7 Å². The number of furan rings is 1. The van der Waals surface area contributed by atoms with Gasteiger partial charge in [-0.25, -0.2) is 4.99 Å². The molecule has 0 saturated carbocycles. The van der Waals surface area contributed by atoms with E-state index in [0.29, 0.717) is 5.56 Å². The van der Waals surface area contributed by atoms with E-state index < -0.39 is 0 Å². The number of para-hydroxylation sites is 1. The molecule has 45 heavy (non-hydrogen) atoms. The third-order valence-corrected chi connectivity index (χ3v) is 9.52. The van der Waals surface area contributed by atoms with Crippen molar-refractivity contribution < 1.29 is 4.42 Å². The van der Waals surface area contributed by atoms with Crippen LogP contribution in [0.1, 0.15) is 23.6 Å². The van der Waals surface area contributed by atoms with Crippen molar-refractivity contribution in [2.75, 3.05) is 5.73 Å². The highest BCUT2D eigenvalue weighted by Crippen LogP contribution is 2.44. The molecule has 0 bridgehead atoms. The minimum absolute atomic E-state index is 0.0991. The van der Waals surface area contributed by atoms with Crippen LogP contribution >= 0.6 is 11.3 Å². The maximum Gasteiger partial charge on any atom is 0.154 e. The highest BCUT2D eigenvalue weighted by atomic mass is 32.1. The number of anilines is 1. The van der Waals surface area contributed by atoms with Crippen LogP contribution in [0.3, 0.4) is 0 Å². The zero-order valence-electron chi connectivity index (χ0n) is 24.5. The van der Waals surface area contributed by atoms with Crippen LogP contribution in [0.2, 0.25) is 0 Å². The van der Waals surface area contributed by atoms with E-state index in [1.54, 1.807) is 11.3 Å². The lowest BCUT2D eigenvalue weighted by molar-refractivity contribution is 0.669. The maximum atomic E-state index is 8.88. The number of nitrogen functional groups attached to an aromatic ring is 1. The van der Waals surface area contributed by atoms with Gasteiger partial charge in [0.25, 0.3) is 0 Å². The summed E-state index contributed by atoms with van der Waals surface area (Å²) in [6.07, 6.45) is 4.12. The summed E-state index contributed by atoms with van der Waals surface area (Å²) in [7, 11) is 0. The topological polar surface area (TPSA) is 101 Å². The van der Waals surface area contributed by atoms with Crippen molar-refractivity contribution in [1.82, 2.24) is 0 Å². The Kier molecular flexibility index (Phi) is 6.25. The van der Waals surface area contributed by atoms with Crippen molar-refractivity contribution in [1.29, 1.82) is 5.41 Å². The Hall–Kier alpha value is -5.72. The molecule has 2 heterocycles. The molecular formula is C39H28N4OS. The standard InChI is InChI=1S/C39H28N4OS/c1-2-8-29-28-20-17-22-9-5-13-27(34(22)36(28)45-39(29)42)26-12-6-10-23-21-24(18-19-25(23)26)37(40)43-38(41)31-14-7-16-33-35(31)30-11-3-4-15-32(30)44-33/h2-21H,42H2,1H3,(H3,40,41,43)/b8-2-. The lowest BCUT2D eigenvalue weighted by Crippen LogP contribution is -2.16. The van der Waals surface area contributed by atoms with Crippen LogP contribution in [0.25, 0.3) is 70.8 Å². The molecule has 0 spiro atoms. The molecule has 0 aliphatic heterocycles. The number of nitrogens with zero attached hydrogens (tertiary/aromatic N) is 1. The van der Waals surface area contributed by atoms with Gasteiger partial charge < -0.3 is 15.9 Å². The molecule has 0 atom stereocenters. The van der Waals surface area contributed by atoms with Crippen LogP contribution in [0.15, 0.2) is 125 Å². The average molecular weight is 601 g/mol. The summed E-state index contributed by atoms with van der Waals surface area (Å²) in [4.78, 5) is 4.56. The largest absolute Gasteiger partial charge is 0.456 e. The van der Waals surface area contributed by atoms with E-state index in [1.165, 1.54) is 20.9 Å². The first-order chi connectivity index (χ1) is 22.0. The lowest BCUT2D eigenvalue weighted by atomic mass is 9.92. The monoisotopic (exact) mass is 600 g/mol. The van der Waals surface area contributed by atoms with Crippen molar-refractivity contribution in [2.45, 2.75) is 6.92 Å². The smallest absolute Gasteiger partial charge is 0.154 e. The number of nitrogens with two attached hydrogens (primary N) is 2. The van der Waals surface area contributed by atoms with Crippen molar-refractivity contribution in [3.05, 3.63) is 132 Å². The van der Waals surface area contributed by atoms with Crippen LogP contribution in [0.4, 0.5) is 5.00 Å². The lowest BCUT2D eigenvalue weighted by Gasteiger charge is -2.12. The highest BCUT2D eigenvalue weighted by molar-refractivity contribution is 7.24. The van der Waals surface area contributed by atoms with Crippen molar-refractivity contribution in [2.24, 2.45) is 10.7 Å². The molecule has 6 aromatic carbocycles. The first-order valence-corrected chi connectivity index (χ1v) is 15.6. The molecule has 0 fully saturated rings. The highest BCUT2D eigenvalue weighted by Gasteiger charge is 2.17. The fourth-order valence-electron chi connectivity index (χ4n) is 6.42. The SMILES string of the molecule is C/C=C\c1c(N)sc2c1ccc1cccc(-c3cccc4cc(C(=N)/N=C(\N)c5cccc6oc7ccccc7c56)ccc34)c12. The van der Waals surface area contributed by atoms with E-state index in [0.717, 1.165) is 60.0 Å². The molecule has 6 heteroatoms. The quantitative estimate of drug-likeness (QED) is 0.138. The number of amidine groups is 2. The first kappa shape index (κ1) is 26.9. The van der Waals surface area contributed by atoms with Gasteiger partial charge in [0, 0.05) is 42.9 Å². The van der Waals surface area contributed by atoms with Crippen LogP contribution < -0.4 is 11.5 Å². The molecule has 0 aliphatic carbocycles. The molecule has 8 aromatic rings. The average Bonchev–Trinajstić information content (AvgIpc) is 3.61. The summed E-state index contributed by atoms with van der Waals surface area (Å²) in [6, 6.07) is 36.8. The minimum Gasteiger partial charge on any atom is -0.456 e. The predicted octanol–water partition coefficient (Wildman–Crippen LogP) is 10.1. The Morgan fingerprint density at radius 2 is 1.51 bits per heavy atom. The summed E-state index contributed by atoms with van der Waals surface area (Å²) in [5.41, 5.74) is 19.4. The molecule has 0 saturated heterocycles. The predicted molar refractivity (Wildman–Crippen MR) is 193 cm³/mol. The Bertz CT molecular complexity index is 2550. The zero-order chi connectivity index (χ0) is 30.7. The molecule has 0 radical (unpaired) electrons. The third-order valence-electron chi connectivity index (χ3n) is 8.45. The number of rotatable bonds is 4. The molecule has 2 aromatic heterocycles. The second kappa shape index (κ2) is 10.5. The Labute approximate surface area is 263 Å². The van der Waals surface area contributed by atoms with Crippen LogP contribution in [0.5, 0.6) is 0 Å².